The Balaban J connectivity index is 2.10. The molecule has 0 bridgehead atoms. The smallest absolute Gasteiger partial charge is 0.0962 e. The van der Waals surface area contributed by atoms with Crippen molar-refractivity contribution in [3.05, 3.63) is 0 Å². The third-order valence-electron chi connectivity index (χ3n) is 1.33. The first-order chi connectivity index (χ1) is 4.79. The summed E-state index contributed by atoms with van der Waals surface area (Å²) in [5.41, 5.74) is 0.656. The number of hydrogen-bond acceptors (Lipinski definition) is 3. The molecule has 3 heteroatoms. The number of rotatable bonds is 3. The second-order valence-electron chi connectivity index (χ2n) is 2.51. The minimum absolute atomic E-state index is 0.374. The average molecular weight is 140 g/mol. The zero-order chi connectivity index (χ0) is 7.40. The average Bonchev–Trinajstić information content (AvgIpc) is 1.75. The molecule has 0 atom stereocenters. The van der Waals surface area contributed by atoms with E-state index in [2.05, 4.69) is 4.99 Å². The molecule has 1 heterocycles. The van der Waals surface area contributed by atoms with Crippen molar-refractivity contribution in [3.63, 3.8) is 0 Å². The van der Waals surface area contributed by atoms with Crippen molar-refractivity contribution in [2.24, 2.45) is 4.99 Å². The Labute approximate surface area is 60.6 Å². The fraction of sp³-hybridized carbons (Fsp3) is 0.714. The normalized spacial score (nSPS) is 19.3. The van der Waals surface area contributed by atoms with Gasteiger partial charge in [0.25, 0.3) is 0 Å². The minimum atomic E-state index is 0.374. The van der Waals surface area contributed by atoms with E-state index < -0.39 is 0 Å². The van der Waals surface area contributed by atoms with Crippen LogP contribution in [-0.2, 0) is 4.74 Å². The van der Waals surface area contributed by atoms with Crippen LogP contribution >= 0.6 is 0 Å². The predicted molar refractivity (Wildman–Crippen MR) is 41.1 cm³/mol. The van der Waals surface area contributed by atoms with E-state index in [9.17, 15) is 0 Å². The summed E-state index contributed by atoms with van der Waals surface area (Å²) in [6.07, 6.45) is 2.48. The van der Waals surface area contributed by atoms with E-state index in [0.717, 1.165) is 13.2 Å². The number of hydrogen-bond donors (Lipinski definition) is 1. The summed E-state index contributed by atoms with van der Waals surface area (Å²) in [5, 5.41) is 7.09. The third kappa shape index (κ3) is 2.27. The molecule has 1 saturated heterocycles. The molecule has 1 aliphatic heterocycles. The molecule has 0 aromatic rings. The number of ether oxygens (including phenoxy) is 1. The van der Waals surface area contributed by atoms with Crippen LogP contribution in [0.1, 0.15) is 13.3 Å². The van der Waals surface area contributed by atoms with Gasteiger partial charge in [-0.15, -0.1) is 0 Å². The van der Waals surface area contributed by atoms with Gasteiger partial charge in [-0.3, -0.25) is 4.99 Å². The molecule has 56 valence electrons. The standard InChI is InChI=1S/C7H12N2O/c1-6(8)2-3-9-7-4-10-5-7/h3,7-8H,2,4-5H2,1H3. The lowest BCUT2D eigenvalue weighted by Gasteiger charge is -2.21. The molecule has 0 aliphatic carbocycles. The van der Waals surface area contributed by atoms with Gasteiger partial charge in [-0.05, 0) is 6.92 Å². The van der Waals surface area contributed by atoms with E-state index in [1.807, 2.05) is 0 Å². The highest BCUT2D eigenvalue weighted by atomic mass is 16.5. The third-order valence-corrected chi connectivity index (χ3v) is 1.33. The highest BCUT2D eigenvalue weighted by molar-refractivity contribution is 5.91. The van der Waals surface area contributed by atoms with Crippen LogP contribution in [0.3, 0.4) is 0 Å². The second kappa shape index (κ2) is 3.46. The predicted octanol–water partition coefficient (Wildman–Crippen LogP) is 0.886. The summed E-state index contributed by atoms with van der Waals surface area (Å²) >= 11 is 0. The summed E-state index contributed by atoms with van der Waals surface area (Å²) < 4.78 is 4.92. The van der Waals surface area contributed by atoms with E-state index in [4.69, 9.17) is 10.1 Å². The molecule has 1 rings (SSSR count). The largest absolute Gasteiger partial charge is 0.377 e. The summed E-state index contributed by atoms with van der Waals surface area (Å²) in [4.78, 5) is 4.18. The van der Waals surface area contributed by atoms with E-state index >= 15 is 0 Å². The topological polar surface area (TPSA) is 45.4 Å². The van der Waals surface area contributed by atoms with E-state index in [1.54, 1.807) is 13.1 Å². The molecule has 0 radical (unpaired) electrons. The molecule has 1 fully saturated rings. The monoisotopic (exact) mass is 140 g/mol. The van der Waals surface area contributed by atoms with E-state index in [-0.39, 0.29) is 0 Å². The fourth-order valence-electron chi connectivity index (χ4n) is 0.648. The molecule has 0 aromatic heterocycles. The number of aliphatic imine (C=N–C) groups is 1. The Morgan fingerprint density at radius 2 is 2.50 bits per heavy atom. The maximum absolute atomic E-state index is 7.09. The van der Waals surface area contributed by atoms with Gasteiger partial charge in [0.1, 0.15) is 0 Å². The maximum atomic E-state index is 7.09. The summed E-state index contributed by atoms with van der Waals surface area (Å²) in [7, 11) is 0. The van der Waals surface area contributed by atoms with Gasteiger partial charge in [-0.2, -0.15) is 0 Å². The first kappa shape index (κ1) is 7.41. The first-order valence-electron chi connectivity index (χ1n) is 3.42. The van der Waals surface area contributed by atoms with Crippen molar-refractivity contribution in [2.45, 2.75) is 19.4 Å². The molecule has 0 unspecified atom stereocenters. The van der Waals surface area contributed by atoms with Crippen LogP contribution in [-0.4, -0.2) is 31.2 Å². The van der Waals surface area contributed by atoms with Crippen LogP contribution in [0.5, 0.6) is 0 Å². The molecule has 0 aromatic carbocycles. The van der Waals surface area contributed by atoms with Gasteiger partial charge >= 0.3 is 0 Å². The van der Waals surface area contributed by atoms with Crippen molar-refractivity contribution < 1.29 is 4.74 Å². The Bertz CT molecular complexity index is 150. The van der Waals surface area contributed by atoms with Gasteiger partial charge in [0, 0.05) is 18.3 Å². The summed E-state index contributed by atoms with van der Waals surface area (Å²) in [6, 6.07) is 0.374. The summed E-state index contributed by atoms with van der Waals surface area (Å²) in [6.45, 7) is 3.30. The molecule has 3 nitrogen and oxygen atoms in total. The fourth-order valence-corrected chi connectivity index (χ4v) is 0.648. The molecular formula is C7H12N2O. The zero-order valence-corrected chi connectivity index (χ0v) is 6.13. The van der Waals surface area contributed by atoms with Gasteiger partial charge in [-0.1, -0.05) is 0 Å². The van der Waals surface area contributed by atoms with Crippen LogP contribution in [0.25, 0.3) is 0 Å². The van der Waals surface area contributed by atoms with Crippen molar-refractivity contribution in [1.82, 2.24) is 0 Å². The highest BCUT2D eigenvalue weighted by Crippen LogP contribution is 2.03. The van der Waals surface area contributed by atoms with Crippen LogP contribution in [0.15, 0.2) is 4.99 Å². The Hall–Kier alpha value is -0.700. The minimum Gasteiger partial charge on any atom is -0.377 e. The molecule has 0 spiro atoms. The quantitative estimate of drug-likeness (QED) is 0.581. The Kier molecular flexibility index (Phi) is 2.57. The van der Waals surface area contributed by atoms with Crippen molar-refractivity contribution in [2.75, 3.05) is 13.2 Å². The lowest BCUT2D eigenvalue weighted by atomic mass is 10.2. The Morgan fingerprint density at radius 1 is 1.80 bits per heavy atom. The maximum Gasteiger partial charge on any atom is 0.0962 e. The molecule has 0 saturated carbocycles. The Morgan fingerprint density at radius 3 is 2.90 bits per heavy atom. The van der Waals surface area contributed by atoms with Gasteiger partial charge in [0.05, 0.1) is 19.3 Å². The lowest BCUT2D eigenvalue weighted by molar-refractivity contribution is 0.0135. The van der Waals surface area contributed by atoms with Gasteiger partial charge in [0.15, 0.2) is 0 Å². The number of nitrogens with one attached hydrogen (secondary N) is 1. The van der Waals surface area contributed by atoms with Crippen molar-refractivity contribution >= 4 is 11.9 Å². The van der Waals surface area contributed by atoms with Crippen molar-refractivity contribution in [3.8, 4) is 0 Å². The van der Waals surface area contributed by atoms with Crippen LogP contribution in [0.4, 0.5) is 0 Å². The van der Waals surface area contributed by atoms with Crippen LogP contribution in [0.2, 0.25) is 0 Å². The van der Waals surface area contributed by atoms with Gasteiger partial charge in [-0.25, -0.2) is 0 Å². The highest BCUT2D eigenvalue weighted by Gasteiger charge is 2.15. The molecule has 1 N–H and O–H groups in total. The first-order valence-corrected chi connectivity index (χ1v) is 3.42. The SMILES string of the molecule is CC(=N)CC=NC1COC1. The van der Waals surface area contributed by atoms with Gasteiger partial charge in [0.2, 0.25) is 0 Å². The van der Waals surface area contributed by atoms with Crippen molar-refractivity contribution in [1.29, 1.82) is 5.41 Å². The lowest BCUT2D eigenvalue weighted by Crippen LogP contribution is -2.31. The zero-order valence-electron chi connectivity index (χ0n) is 6.13. The summed E-state index contributed by atoms with van der Waals surface area (Å²) in [5.74, 6) is 0. The van der Waals surface area contributed by atoms with Gasteiger partial charge < -0.3 is 10.1 Å². The van der Waals surface area contributed by atoms with Crippen LogP contribution in [0, 0.1) is 5.41 Å². The molecule has 1 aliphatic rings. The second-order valence-corrected chi connectivity index (χ2v) is 2.51. The number of nitrogens with zero attached hydrogens (tertiary/aromatic N) is 1. The van der Waals surface area contributed by atoms with Crippen LogP contribution < -0.4 is 0 Å². The molecule has 0 amide bonds. The van der Waals surface area contributed by atoms with E-state index in [1.165, 1.54) is 0 Å². The molecular weight excluding hydrogens is 128 g/mol. The molecule has 10 heavy (non-hydrogen) atoms. The van der Waals surface area contributed by atoms with E-state index in [0.29, 0.717) is 18.2 Å².